The second-order valence-electron chi connectivity index (χ2n) is 4.05. The van der Waals surface area contributed by atoms with Crippen molar-refractivity contribution in [2.45, 2.75) is 38.8 Å². The molecule has 1 rings (SSSR count). The number of carboxylic acids is 1. The van der Waals surface area contributed by atoms with Crippen molar-refractivity contribution in [2.75, 3.05) is 13.2 Å². The van der Waals surface area contributed by atoms with Gasteiger partial charge in [0, 0.05) is 13.0 Å². The first-order chi connectivity index (χ1) is 8.13. The lowest BCUT2D eigenvalue weighted by atomic mass is 9.99. The van der Waals surface area contributed by atoms with E-state index in [4.69, 9.17) is 14.6 Å². The Labute approximate surface area is 100 Å². The van der Waals surface area contributed by atoms with E-state index in [-0.39, 0.29) is 6.42 Å². The zero-order valence-electron chi connectivity index (χ0n) is 9.98. The van der Waals surface area contributed by atoms with Gasteiger partial charge in [0.2, 0.25) is 0 Å². The normalized spacial score (nSPS) is 24.1. The van der Waals surface area contributed by atoms with Gasteiger partial charge in [-0.15, -0.1) is 0 Å². The van der Waals surface area contributed by atoms with E-state index in [1.54, 1.807) is 0 Å². The number of amides is 1. The maximum absolute atomic E-state index is 11.3. The Morgan fingerprint density at radius 3 is 2.94 bits per heavy atom. The van der Waals surface area contributed by atoms with E-state index in [0.717, 1.165) is 12.8 Å². The third kappa shape index (κ3) is 5.04. The van der Waals surface area contributed by atoms with Crippen LogP contribution in [0.3, 0.4) is 0 Å². The van der Waals surface area contributed by atoms with E-state index in [1.165, 1.54) is 0 Å². The van der Waals surface area contributed by atoms with Crippen molar-refractivity contribution in [3.63, 3.8) is 0 Å². The largest absolute Gasteiger partial charge is 0.481 e. The SMILES string of the molecule is CCCCOC(=O)NC1CC(C(=O)O)CCO1. The average Bonchev–Trinajstić information content (AvgIpc) is 2.29. The predicted molar refractivity (Wildman–Crippen MR) is 59.5 cm³/mol. The second kappa shape index (κ2) is 7.11. The van der Waals surface area contributed by atoms with Gasteiger partial charge in [0.1, 0.15) is 6.23 Å². The molecule has 2 unspecified atom stereocenters. The van der Waals surface area contributed by atoms with Gasteiger partial charge < -0.3 is 14.6 Å². The van der Waals surface area contributed by atoms with Crippen molar-refractivity contribution < 1.29 is 24.2 Å². The minimum Gasteiger partial charge on any atom is -0.481 e. The Hall–Kier alpha value is -1.30. The molecule has 2 atom stereocenters. The molecule has 6 heteroatoms. The molecule has 0 radical (unpaired) electrons. The number of hydrogen-bond acceptors (Lipinski definition) is 4. The van der Waals surface area contributed by atoms with Gasteiger partial charge in [0.25, 0.3) is 0 Å². The van der Waals surface area contributed by atoms with Crippen molar-refractivity contribution in [2.24, 2.45) is 5.92 Å². The van der Waals surface area contributed by atoms with Crippen LogP contribution in [-0.4, -0.2) is 36.6 Å². The van der Waals surface area contributed by atoms with Crippen LogP contribution < -0.4 is 5.32 Å². The van der Waals surface area contributed by atoms with Gasteiger partial charge in [-0.25, -0.2) is 4.79 Å². The number of hydrogen-bond donors (Lipinski definition) is 2. The van der Waals surface area contributed by atoms with Gasteiger partial charge in [-0.1, -0.05) is 13.3 Å². The fourth-order valence-corrected chi connectivity index (χ4v) is 1.60. The molecule has 0 aromatic heterocycles. The summed E-state index contributed by atoms with van der Waals surface area (Å²) in [4.78, 5) is 22.1. The molecule has 1 aliphatic rings. The Kier molecular flexibility index (Phi) is 5.76. The van der Waals surface area contributed by atoms with Crippen molar-refractivity contribution in [1.29, 1.82) is 0 Å². The van der Waals surface area contributed by atoms with Crippen LogP contribution >= 0.6 is 0 Å². The van der Waals surface area contributed by atoms with Crippen LogP contribution in [0.1, 0.15) is 32.6 Å². The second-order valence-corrected chi connectivity index (χ2v) is 4.05. The predicted octanol–water partition coefficient (Wildman–Crippen LogP) is 1.35. The highest BCUT2D eigenvalue weighted by molar-refractivity contribution is 5.70. The Balaban J connectivity index is 2.26. The van der Waals surface area contributed by atoms with Crippen LogP contribution in [0.5, 0.6) is 0 Å². The molecule has 0 aromatic rings. The number of carbonyl (C=O) groups is 2. The van der Waals surface area contributed by atoms with Crippen LogP contribution in [0.2, 0.25) is 0 Å². The number of carboxylic acid groups (broad SMARTS) is 1. The molecule has 6 nitrogen and oxygen atoms in total. The van der Waals surface area contributed by atoms with E-state index >= 15 is 0 Å². The summed E-state index contributed by atoms with van der Waals surface area (Å²) >= 11 is 0. The first kappa shape index (κ1) is 13.8. The molecule has 1 heterocycles. The topological polar surface area (TPSA) is 84.9 Å². The first-order valence-corrected chi connectivity index (χ1v) is 5.91. The zero-order valence-corrected chi connectivity index (χ0v) is 9.98. The van der Waals surface area contributed by atoms with Crippen LogP contribution in [0.15, 0.2) is 0 Å². The molecule has 0 aromatic carbocycles. The number of aliphatic carboxylic acids is 1. The molecule has 1 amide bonds. The Bertz CT molecular complexity index is 269. The summed E-state index contributed by atoms with van der Waals surface area (Å²) in [5, 5.41) is 11.4. The highest BCUT2D eigenvalue weighted by Crippen LogP contribution is 2.18. The summed E-state index contributed by atoms with van der Waals surface area (Å²) < 4.78 is 10.2. The molecule has 1 aliphatic heterocycles. The summed E-state index contributed by atoms with van der Waals surface area (Å²) in [7, 11) is 0. The molecule has 0 bridgehead atoms. The highest BCUT2D eigenvalue weighted by Gasteiger charge is 2.28. The van der Waals surface area contributed by atoms with Gasteiger partial charge >= 0.3 is 12.1 Å². The lowest BCUT2D eigenvalue weighted by molar-refractivity contribution is -0.147. The molecule has 98 valence electrons. The molecule has 17 heavy (non-hydrogen) atoms. The number of carbonyl (C=O) groups excluding carboxylic acids is 1. The summed E-state index contributed by atoms with van der Waals surface area (Å²) in [5.74, 6) is -1.30. The van der Waals surface area contributed by atoms with Gasteiger partial charge in [0.05, 0.1) is 12.5 Å². The summed E-state index contributed by atoms with van der Waals surface area (Å²) in [6.07, 6.45) is 1.44. The zero-order chi connectivity index (χ0) is 12.7. The molecule has 1 fully saturated rings. The lowest BCUT2D eigenvalue weighted by Crippen LogP contribution is -2.43. The summed E-state index contributed by atoms with van der Waals surface area (Å²) in [6.45, 7) is 2.72. The number of alkyl carbamates (subject to hydrolysis) is 1. The maximum Gasteiger partial charge on any atom is 0.409 e. The van der Waals surface area contributed by atoms with Gasteiger partial charge in [-0.2, -0.15) is 0 Å². The minimum absolute atomic E-state index is 0.290. The number of ether oxygens (including phenoxy) is 2. The fourth-order valence-electron chi connectivity index (χ4n) is 1.60. The van der Waals surface area contributed by atoms with E-state index < -0.39 is 24.2 Å². The highest BCUT2D eigenvalue weighted by atomic mass is 16.6. The van der Waals surface area contributed by atoms with Gasteiger partial charge in [0.15, 0.2) is 0 Å². The van der Waals surface area contributed by atoms with Gasteiger partial charge in [-0.05, 0) is 12.8 Å². The van der Waals surface area contributed by atoms with Crippen molar-refractivity contribution >= 4 is 12.1 Å². The Morgan fingerprint density at radius 2 is 2.29 bits per heavy atom. The molecular formula is C11H19NO5. The van der Waals surface area contributed by atoms with Crippen molar-refractivity contribution in [3.8, 4) is 0 Å². The van der Waals surface area contributed by atoms with Crippen LogP contribution in [0.4, 0.5) is 4.79 Å². The van der Waals surface area contributed by atoms with Gasteiger partial charge in [-0.3, -0.25) is 10.1 Å². The summed E-state index contributed by atoms with van der Waals surface area (Å²) in [6, 6.07) is 0. The third-order valence-electron chi connectivity index (χ3n) is 2.64. The molecule has 2 N–H and O–H groups in total. The smallest absolute Gasteiger partial charge is 0.409 e. The number of unbranched alkanes of at least 4 members (excludes halogenated alkanes) is 1. The van der Waals surface area contributed by atoms with E-state index in [1.807, 2.05) is 6.92 Å². The average molecular weight is 245 g/mol. The lowest BCUT2D eigenvalue weighted by Gasteiger charge is -2.27. The monoisotopic (exact) mass is 245 g/mol. The first-order valence-electron chi connectivity index (χ1n) is 5.91. The minimum atomic E-state index is -0.848. The van der Waals surface area contributed by atoms with E-state index in [2.05, 4.69) is 5.32 Å². The van der Waals surface area contributed by atoms with Crippen molar-refractivity contribution in [3.05, 3.63) is 0 Å². The third-order valence-corrected chi connectivity index (χ3v) is 2.64. The molecule has 1 saturated heterocycles. The molecule has 0 saturated carbocycles. The van der Waals surface area contributed by atoms with Crippen LogP contribution in [0, 0.1) is 5.92 Å². The van der Waals surface area contributed by atoms with E-state index in [9.17, 15) is 9.59 Å². The van der Waals surface area contributed by atoms with E-state index in [0.29, 0.717) is 19.6 Å². The molecule has 0 spiro atoms. The molecule has 0 aliphatic carbocycles. The quantitative estimate of drug-likeness (QED) is 0.714. The maximum atomic E-state index is 11.3. The number of nitrogens with one attached hydrogen (secondary N) is 1. The number of rotatable bonds is 5. The van der Waals surface area contributed by atoms with Crippen LogP contribution in [-0.2, 0) is 14.3 Å². The molecular weight excluding hydrogens is 226 g/mol. The van der Waals surface area contributed by atoms with Crippen LogP contribution in [0.25, 0.3) is 0 Å². The standard InChI is InChI=1S/C11H19NO5/c1-2-3-5-17-11(15)12-9-7-8(10(13)14)4-6-16-9/h8-9H,2-7H2,1H3,(H,12,15)(H,13,14). The Morgan fingerprint density at radius 1 is 1.53 bits per heavy atom. The fraction of sp³-hybridized carbons (Fsp3) is 0.818. The summed E-state index contributed by atoms with van der Waals surface area (Å²) in [5.41, 5.74) is 0. The van der Waals surface area contributed by atoms with Crippen molar-refractivity contribution in [1.82, 2.24) is 5.32 Å².